The lowest BCUT2D eigenvalue weighted by Gasteiger charge is -2.44. The molecule has 2 aliphatic carbocycles. The Morgan fingerprint density at radius 2 is 1.06 bits per heavy atom. The number of aromatic nitrogens is 1. The van der Waals surface area contributed by atoms with Crippen molar-refractivity contribution in [3.05, 3.63) is 138 Å². The lowest BCUT2D eigenvalue weighted by atomic mass is 9.59. The molecular weight excluding hydrogens is 607 g/mol. The smallest absolute Gasteiger partial charge is 0.143 e. The summed E-state index contributed by atoms with van der Waals surface area (Å²) in [4.78, 5) is 0. The van der Waals surface area contributed by atoms with Gasteiger partial charge in [-0.25, -0.2) is 0 Å². The van der Waals surface area contributed by atoms with Gasteiger partial charge in [0.1, 0.15) is 11.2 Å². The zero-order valence-electron chi connectivity index (χ0n) is 30.3. The molecule has 8 aromatic rings. The minimum Gasteiger partial charge on any atom is -0.455 e. The van der Waals surface area contributed by atoms with Gasteiger partial charge in [-0.2, -0.15) is 0 Å². The second-order valence-corrected chi connectivity index (χ2v) is 17.0. The van der Waals surface area contributed by atoms with E-state index in [1.54, 1.807) is 0 Å². The van der Waals surface area contributed by atoms with Crippen molar-refractivity contribution in [2.45, 2.75) is 71.6 Å². The highest BCUT2D eigenvalue weighted by atomic mass is 16.3. The van der Waals surface area contributed by atoms with E-state index in [0.717, 1.165) is 33.1 Å². The third-order valence-electron chi connectivity index (χ3n) is 13.9. The molecule has 50 heavy (non-hydrogen) atoms. The van der Waals surface area contributed by atoms with Crippen molar-refractivity contribution in [2.24, 2.45) is 5.41 Å². The van der Waals surface area contributed by atoms with Gasteiger partial charge in [-0.3, -0.25) is 0 Å². The van der Waals surface area contributed by atoms with Crippen LogP contribution in [0.25, 0.3) is 71.7 Å². The molecule has 0 aliphatic heterocycles. The monoisotopic (exact) mass is 649 g/mol. The lowest BCUT2D eigenvalue weighted by Crippen LogP contribution is -2.42. The van der Waals surface area contributed by atoms with Crippen molar-refractivity contribution >= 4 is 43.7 Å². The van der Waals surface area contributed by atoms with Crippen LogP contribution in [0.15, 0.2) is 120 Å². The molecule has 0 bridgehead atoms. The molecule has 0 saturated carbocycles. The number of hydrogen-bond acceptors (Lipinski definition) is 1. The maximum absolute atomic E-state index is 6.44. The molecule has 0 atom stereocenters. The van der Waals surface area contributed by atoms with E-state index in [1.165, 1.54) is 60.9 Å². The van der Waals surface area contributed by atoms with Gasteiger partial charge < -0.3 is 8.98 Å². The number of fused-ring (bicyclic) bond motifs is 10. The first-order chi connectivity index (χ1) is 23.8. The average molecular weight is 650 g/mol. The van der Waals surface area contributed by atoms with Crippen LogP contribution >= 0.6 is 0 Å². The number of nitrogens with zero attached hydrogens (tertiary/aromatic N) is 1. The normalized spacial score (nSPS) is 17.8. The number of para-hydroxylation sites is 2. The average Bonchev–Trinajstić information content (AvgIpc) is 3.74. The number of furan rings is 1. The molecule has 0 fully saturated rings. The molecule has 0 amide bonds. The summed E-state index contributed by atoms with van der Waals surface area (Å²) in [5.74, 6) is 0. The highest BCUT2D eigenvalue weighted by Crippen LogP contribution is 2.62. The molecule has 2 nitrogen and oxygen atoms in total. The fourth-order valence-electron chi connectivity index (χ4n) is 9.79. The fraction of sp³-hybridized carbons (Fsp3) is 0.250. The third kappa shape index (κ3) is 3.49. The van der Waals surface area contributed by atoms with Crippen LogP contribution in [0.2, 0.25) is 0 Å². The molecule has 0 unspecified atom stereocenters. The molecule has 0 N–H and O–H groups in total. The van der Waals surface area contributed by atoms with Crippen LogP contribution in [0.3, 0.4) is 0 Å². The summed E-state index contributed by atoms with van der Waals surface area (Å²) < 4.78 is 8.97. The van der Waals surface area contributed by atoms with Gasteiger partial charge in [0, 0.05) is 38.2 Å². The van der Waals surface area contributed by atoms with E-state index in [2.05, 4.69) is 169 Å². The molecule has 10 rings (SSSR count). The van der Waals surface area contributed by atoms with Crippen molar-refractivity contribution in [1.29, 1.82) is 0 Å². The number of rotatable bonds is 2. The van der Waals surface area contributed by atoms with Gasteiger partial charge in [0.15, 0.2) is 0 Å². The Labute approximate surface area is 294 Å². The summed E-state index contributed by atoms with van der Waals surface area (Å²) in [6.45, 7) is 19.5. The van der Waals surface area contributed by atoms with Crippen LogP contribution < -0.4 is 0 Å². The Balaban J connectivity index is 1.24. The van der Waals surface area contributed by atoms with Crippen LogP contribution in [0.4, 0.5) is 0 Å². The predicted octanol–water partition coefficient (Wildman–Crippen LogP) is 13.3. The van der Waals surface area contributed by atoms with Crippen LogP contribution in [0.1, 0.15) is 77.6 Å². The molecule has 2 aromatic heterocycles. The van der Waals surface area contributed by atoms with Crippen LogP contribution in [0, 0.1) is 5.41 Å². The van der Waals surface area contributed by atoms with Crippen molar-refractivity contribution < 1.29 is 4.42 Å². The van der Waals surface area contributed by atoms with Gasteiger partial charge >= 0.3 is 0 Å². The van der Waals surface area contributed by atoms with E-state index in [1.807, 2.05) is 6.07 Å². The first kappa shape index (κ1) is 29.8. The second kappa shape index (κ2) is 9.37. The van der Waals surface area contributed by atoms with Crippen molar-refractivity contribution in [2.75, 3.05) is 0 Å². The van der Waals surface area contributed by atoms with Gasteiger partial charge in [-0.05, 0) is 97.7 Å². The van der Waals surface area contributed by atoms with Gasteiger partial charge in [0.2, 0.25) is 0 Å². The number of benzene rings is 6. The van der Waals surface area contributed by atoms with Crippen molar-refractivity contribution in [1.82, 2.24) is 4.57 Å². The highest BCUT2D eigenvalue weighted by Gasteiger charge is 2.57. The van der Waals surface area contributed by atoms with Gasteiger partial charge in [0.05, 0.1) is 11.0 Å². The SMILES string of the molecule is CC1(C)c2ccccc2-c2cc3c4cc5c(cc4n(-c4ccc(-c6cccc7c6oc6ccccc67)cc4)c3cc21)C(C)(C)C(C)(C)C5(C)C. The summed E-state index contributed by atoms with van der Waals surface area (Å²) in [6, 6.07) is 43.0. The molecule has 2 heterocycles. The number of hydrogen-bond donors (Lipinski definition) is 0. The maximum Gasteiger partial charge on any atom is 0.143 e. The minimum absolute atomic E-state index is 0.0130. The quantitative estimate of drug-likeness (QED) is 0.182. The molecule has 0 radical (unpaired) electrons. The Bertz CT molecular complexity index is 2740. The second-order valence-electron chi connectivity index (χ2n) is 17.0. The predicted molar refractivity (Wildman–Crippen MR) is 211 cm³/mol. The van der Waals surface area contributed by atoms with Gasteiger partial charge in [-0.1, -0.05) is 128 Å². The van der Waals surface area contributed by atoms with Crippen LogP contribution in [-0.4, -0.2) is 4.57 Å². The van der Waals surface area contributed by atoms with Crippen LogP contribution in [-0.2, 0) is 16.2 Å². The molecule has 6 aromatic carbocycles. The van der Waals surface area contributed by atoms with Crippen molar-refractivity contribution in [3.63, 3.8) is 0 Å². The molecule has 246 valence electrons. The first-order valence-corrected chi connectivity index (χ1v) is 18.1. The van der Waals surface area contributed by atoms with E-state index >= 15 is 0 Å². The van der Waals surface area contributed by atoms with Crippen molar-refractivity contribution in [3.8, 4) is 27.9 Å². The minimum atomic E-state index is -0.0771. The zero-order valence-corrected chi connectivity index (χ0v) is 30.3. The lowest BCUT2D eigenvalue weighted by molar-refractivity contribution is 0.125. The van der Waals surface area contributed by atoms with E-state index < -0.39 is 0 Å². The zero-order chi connectivity index (χ0) is 34.5. The fourth-order valence-corrected chi connectivity index (χ4v) is 9.79. The Hall–Kier alpha value is -5.08. The van der Waals surface area contributed by atoms with E-state index in [-0.39, 0.29) is 21.7 Å². The Morgan fingerprint density at radius 1 is 0.460 bits per heavy atom. The third-order valence-corrected chi connectivity index (χ3v) is 13.9. The Kier molecular flexibility index (Phi) is 5.59. The van der Waals surface area contributed by atoms with Crippen LogP contribution in [0.5, 0.6) is 0 Å². The summed E-state index contributed by atoms with van der Waals surface area (Å²) in [5, 5.41) is 4.97. The summed E-state index contributed by atoms with van der Waals surface area (Å²) in [7, 11) is 0. The maximum atomic E-state index is 6.44. The molecule has 2 heteroatoms. The summed E-state index contributed by atoms with van der Waals surface area (Å²) in [6.07, 6.45) is 0. The van der Waals surface area contributed by atoms with Gasteiger partial charge in [0.25, 0.3) is 0 Å². The van der Waals surface area contributed by atoms with E-state index in [9.17, 15) is 0 Å². The summed E-state index contributed by atoms with van der Waals surface area (Å²) >= 11 is 0. The molecule has 2 aliphatic rings. The standard InChI is InChI=1S/C48H43NO/c1-45(2)37-18-11-9-14-31(37)34-24-35-36-25-39-40(47(5,6)48(7,8)46(39,3)4)27-42(36)49(41(35)26-38(34)45)29-22-20-28(21-23-29)30-16-13-17-33-32-15-10-12-19-43(32)50-44(30)33/h9-27H,1-8H3. The van der Waals surface area contributed by atoms with E-state index in [0.29, 0.717) is 0 Å². The molecule has 0 spiro atoms. The molecule has 0 saturated heterocycles. The molecular formula is C48H43NO. The topological polar surface area (TPSA) is 18.1 Å². The van der Waals surface area contributed by atoms with Gasteiger partial charge in [-0.15, -0.1) is 0 Å². The summed E-state index contributed by atoms with van der Waals surface area (Å²) in [5.41, 5.74) is 16.4. The Morgan fingerprint density at radius 3 is 1.82 bits per heavy atom. The highest BCUT2D eigenvalue weighted by molar-refractivity contribution is 6.13. The van der Waals surface area contributed by atoms with E-state index in [4.69, 9.17) is 4.42 Å². The first-order valence-electron chi connectivity index (χ1n) is 18.1. The largest absolute Gasteiger partial charge is 0.455 e.